The second-order valence-corrected chi connectivity index (χ2v) is 3.39. The van der Waals surface area contributed by atoms with Crippen molar-refractivity contribution in [3.05, 3.63) is 0 Å². The molecule has 3 atom stereocenters. The van der Waals surface area contributed by atoms with E-state index in [1.165, 1.54) is 0 Å². The van der Waals surface area contributed by atoms with E-state index in [9.17, 15) is 0 Å². The highest BCUT2D eigenvalue weighted by molar-refractivity contribution is 6.20. The van der Waals surface area contributed by atoms with Crippen molar-refractivity contribution in [1.29, 1.82) is 0 Å². The Bertz CT molecular complexity index is 92.9. The maximum Gasteiger partial charge on any atom is 0.0589 e. The van der Waals surface area contributed by atoms with Crippen molar-refractivity contribution in [2.75, 3.05) is 6.61 Å². The van der Waals surface area contributed by atoms with E-state index in [0.717, 1.165) is 13.0 Å². The Balaban J connectivity index is 2.40. The normalized spacial score (nSPS) is 39.0. The first-order valence-corrected chi connectivity index (χ1v) is 3.91. The first-order chi connectivity index (χ1) is 4.22. The summed E-state index contributed by atoms with van der Waals surface area (Å²) < 4.78 is 5.34. The number of alkyl halides is 1. The summed E-state index contributed by atoms with van der Waals surface area (Å²) in [6, 6.07) is 0. The van der Waals surface area contributed by atoms with E-state index in [1.54, 1.807) is 0 Å². The van der Waals surface area contributed by atoms with Crippen LogP contribution in [0.15, 0.2) is 0 Å². The van der Waals surface area contributed by atoms with Gasteiger partial charge in [-0.25, -0.2) is 0 Å². The summed E-state index contributed by atoms with van der Waals surface area (Å²) in [6.45, 7) is 5.02. The molecule has 1 rings (SSSR count). The van der Waals surface area contributed by atoms with E-state index < -0.39 is 0 Å². The third kappa shape index (κ3) is 1.59. The number of rotatable bonds is 1. The SMILES string of the molecule is CC(Cl)C1CCOC1C. The summed E-state index contributed by atoms with van der Waals surface area (Å²) in [5, 5.41) is 0.266. The monoisotopic (exact) mass is 148 g/mol. The minimum atomic E-state index is 0.266. The molecule has 0 spiro atoms. The predicted molar refractivity (Wildman–Crippen MR) is 38.8 cm³/mol. The van der Waals surface area contributed by atoms with Crippen molar-refractivity contribution >= 4 is 11.6 Å². The molecule has 9 heavy (non-hydrogen) atoms. The highest BCUT2D eigenvalue weighted by atomic mass is 35.5. The van der Waals surface area contributed by atoms with Gasteiger partial charge < -0.3 is 4.74 Å². The van der Waals surface area contributed by atoms with Crippen LogP contribution in [0.5, 0.6) is 0 Å². The molecule has 1 saturated heterocycles. The van der Waals surface area contributed by atoms with Crippen LogP contribution in [-0.4, -0.2) is 18.1 Å². The molecule has 0 amide bonds. The lowest BCUT2D eigenvalue weighted by molar-refractivity contribution is 0.106. The molecule has 0 N–H and O–H groups in total. The van der Waals surface area contributed by atoms with Crippen molar-refractivity contribution in [2.45, 2.75) is 31.7 Å². The summed E-state index contributed by atoms with van der Waals surface area (Å²) in [5.41, 5.74) is 0. The van der Waals surface area contributed by atoms with E-state index in [4.69, 9.17) is 16.3 Å². The van der Waals surface area contributed by atoms with Crippen LogP contribution in [-0.2, 0) is 4.74 Å². The number of halogens is 1. The Hall–Kier alpha value is 0.250. The predicted octanol–water partition coefficient (Wildman–Crippen LogP) is 2.04. The fraction of sp³-hybridized carbons (Fsp3) is 1.00. The molecular formula is C7H13ClO. The largest absolute Gasteiger partial charge is 0.378 e. The Morgan fingerprint density at radius 3 is 2.56 bits per heavy atom. The van der Waals surface area contributed by atoms with Crippen LogP contribution in [0.1, 0.15) is 20.3 Å². The zero-order chi connectivity index (χ0) is 6.85. The third-order valence-electron chi connectivity index (χ3n) is 2.02. The molecule has 0 aromatic heterocycles. The van der Waals surface area contributed by atoms with Gasteiger partial charge in [0.1, 0.15) is 0 Å². The Morgan fingerprint density at radius 1 is 1.67 bits per heavy atom. The maximum atomic E-state index is 5.90. The van der Waals surface area contributed by atoms with Crippen molar-refractivity contribution < 1.29 is 4.74 Å². The van der Waals surface area contributed by atoms with Crippen molar-refractivity contribution in [3.8, 4) is 0 Å². The van der Waals surface area contributed by atoms with Gasteiger partial charge in [-0.3, -0.25) is 0 Å². The van der Waals surface area contributed by atoms with Crippen molar-refractivity contribution in [3.63, 3.8) is 0 Å². The highest BCUT2D eigenvalue weighted by Crippen LogP contribution is 2.26. The molecule has 0 radical (unpaired) electrons. The molecule has 1 fully saturated rings. The molecule has 1 aliphatic heterocycles. The average molecular weight is 149 g/mol. The summed E-state index contributed by atoms with van der Waals surface area (Å²) >= 11 is 5.90. The molecule has 0 bridgehead atoms. The van der Waals surface area contributed by atoms with Gasteiger partial charge in [-0.15, -0.1) is 11.6 Å². The third-order valence-corrected chi connectivity index (χ3v) is 2.35. The second-order valence-electron chi connectivity index (χ2n) is 2.71. The van der Waals surface area contributed by atoms with Gasteiger partial charge in [0.2, 0.25) is 0 Å². The van der Waals surface area contributed by atoms with Crippen LogP contribution in [0.4, 0.5) is 0 Å². The quantitative estimate of drug-likeness (QED) is 0.518. The molecule has 1 heterocycles. The van der Waals surface area contributed by atoms with Crippen LogP contribution in [0.2, 0.25) is 0 Å². The van der Waals surface area contributed by atoms with Crippen LogP contribution in [0.25, 0.3) is 0 Å². The smallest absolute Gasteiger partial charge is 0.0589 e. The van der Waals surface area contributed by atoms with Gasteiger partial charge >= 0.3 is 0 Å². The van der Waals surface area contributed by atoms with Crippen LogP contribution >= 0.6 is 11.6 Å². The maximum absolute atomic E-state index is 5.90. The average Bonchev–Trinajstić information content (AvgIpc) is 2.13. The van der Waals surface area contributed by atoms with Gasteiger partial charge in [-0.2, -0.15) is 0 Å². The minimum absolute atomic E-state index is 0.266. The number of hydrogen-bond donors (Lipinski definition) is 0. The topological polar surface area (TPSA) is 9.23 Å². The fourth-order valence-corrected chi connectivity index (χ4v) is 1.68. The zero-order valence-electron chi connectivity index (χ0n) is 5.93. The molecule has 0 aromatic rings. The van der Waals surface area contributed by atoms with Crippen molar-refractivity contribution in [1.82, 2.24) is 0 Å². The van der Waals surface area contributed by atoms with E-state index in [2.05, 4.69) is 6.92 Å². The molecule has 1 aliphatic rings. The summed E-state index contributed by atoms with van der Waals surface area (Å²) in [6.07, 6.45) is 1.50. The lowest BCUT2D eigenvalue weighted by Crippen LogP contribution is -2.18. The lowest BCUT2D eigenvalue weighted by Gasteiger charge is -2.15. The van der Waals surface area contributed by atoms with Crippen LogP contribution in [0.3, 0.4) is 0 Å². The first-order valence-electron chi connectivity index (χ1n) is 3.47. The number of hydrogen-bond acceptors (Lipinski definition) is 1. The van der Waals surface area contributed by atoms with Gasteiger partial charge in [-0.05, 0) is 20.3 Å². The van der Waals surface area contributed by atoms with E-state index in [-0.39, 0.29) is 5.38 Å². The lowest BCUT2D eigenvalue weighted by atomic mass is 10.00. The van der Waals surface area contributed by atoms with Crippen LogP contribution < -0.4 is 0 Å². The molecule has 1 nitrogen and oxygen atoms in total. The van der Waals surface area contributed by atoms with Gasteiger partial charge in [0.15, 0.2) is 0 Å². The summed E-state index contributed by atoms with van der Waals surface area (Å²) in [5.74, 6) is 0.576. The molecule has 3 unspecified atom stereocenters. The van der Waals surface area contributed by atoms with Gasteiger partial charge in [0.25, 0.3) is 0 Å². The molecule has 0 saturated carbocycles. The Labute approximate surface area is 61.3 Å². The molecule has 0 aliphatic carbocycles. The summed E-state index contributed by atoms with van der Waals surface area (Å²) in [7, 11) is 0. The number of ether oxygens (including phenoxy) is 1. The van der Waals surface area contributed by atoms with E-state index in [0.29, 0.717) is 12.0 Å². The molecule has 2 heteroatoms. The van der Waals surface area contributed by atoms with Gasteiger partial charge in [0, 0.05) is 17.9 Å². The van der Waals surface area contributed by atoms with Gasteiger partial charge in [0.05, 0.1) is 6.10 Å². The minimum Gasteiger partial charge on any atom is -0.378 e. The van der Waals surface area contributed by atoms with Gasteiger partial charge in [-0.1, -0.05) is 0 Å². The Morgan fingerprint density at radius 2 is 2.33 bits per heavy atom. The second kappa shape index (κ2) is 2.89. The van der Waals surface area contributed by atoms with Crippen molar-refractivity contribution in [2.24, 2.45) is 5.92 Å². The fourth-order valence-electron chi connectivity index (χ4n) is 1.35. The molecule has 54 valence electrons. The van der Waals surface area contributed by atoms with E-state index in [1.807, 2.05) is 6.92 Å². The van der Waals surface area contributed by atoms with E-state index >= 15 is 0 Å². The molecule has 0 aromatic carbocycles. The first kappa shape index (κ1) is 7.36. The Kier molecular flexibility index (Phi) is 2.36. The standard InChI is InChI=1S/C7H13ClO/c1-5(8)7-3-4-9-6(7)2/h5-7H,3-4H2,1-2H3. The van der Waals surface area contributed by atoms with Crippen LogP contribution in [0, 0.1) is 5.92 Å². The highest BCUT2D eigenvalue weighted by Gasteiger charge is 2.27. The zero-order valence-corrected chi connectivity index (χ0v) is 6.69. The summed E-state index contributed by atoms with van der Waals surface area (Å²) in [4.78, 5) is 0. The molecular weight excluding hydrogens is 136 g/mol.